The number of likely N-dealkylation sites (tertiary alicyclic amines) is 1. The summed E-state index contributed by atoms with van der Waals surface area (Å²) in [5.74, 6) is -6.04. The van der Waals surface area contributed by atoms with Crippen molar-refractivity contribution in [3.63, 3.8) is 0 Å². The number of amides is 1. The average molecular weight is 306 g/mol. The number of rotatable bonds is 2. The van der Waals surface area contributed by atoms with Crippen LogP contribution in [0.25, 0.3) is 0 Å². The lowest BCUT2D eigenvalue weighted by molar-refractivity contribution is -0.187. The Morgan fingerprint density at radius 1 is 1.33 bits per heavy atom. The molecule has 0 saturated carbocycles. The molecule has 0 unspecified atom stereocenters. The van der Waals surface area contributed by atoms with E-state index in [0.717, 1.165) is 4.90 Å². The molecule has 116 valence electrons. The van der Waals surface area contributed by atoms with E-state index in [0.29, 0.717) is 5.69 Å². The zero-order chi connectivity index (χ0) is 15.9. The molecule has 21 heavy (non-hydrogen) atoms. The quantitative estimate of drug-likeness (QED) is 0.857. The van der Waals surface area contributed by atoms with Crippen molar-refractivity contribution in [2.75, 3.05) is 13.1 Å². The summed E-state index contributed by atoms with van der Waals surface area (Å²) in [6, 6.07) is 0. The first kappa shape index (κ1) is 15.3. The van der Waals surface area contributed by atoms with E-state index >= 15 is 0 Å². The summed E-state index contributed by atoms with van der Waals surface area (Å²) >= 11 is 0. The number of aryl methyl sites for hydroxylation is 1. The summed E-state index contributed by atoms with van der Waals surface area (Å²) in [6.45, 7) is 0.378. The van der Waals surface area contributed by atoms with E-state index in [1.807, 2.05) is 0 Å². The van der Waals surface area contributed by atoms with Crippen LogP contribution < -0.4 is 0 Å². The third kappa shape index (κ3) is 2.69. The van der Waals surface area contributed by atoms with Crippen LogP contribution in [-0.2, 0) is 11.8 Å². The molecule has 0 bridgehead atoms. The van der Waals surface area contributed by atoms with E-state index in [1.54, 1.807) is 14.0 Å². The Hall–Kier alpha value is -2.13. The van der Waals surface area contributed by atoms with Crippen LogP contribution >= 0.6 is 0 Å². The Morgan fingerprint density at radius 2 is 1.95 bits per heavy atom. The molecule has 1 saturated heterocycles. The number of aliphatic carboxylic acids is 1. The highest BCUT2D eigenvalue weighted by atomic mass is 19.4. The number of alkyl halides is 3. The number of halogens is 3. The second-order valence-corrected chi connectivity index (χ2v) is 4.95. The van der Waals surface area contributed by atoms with Crippen molar-refractivity contribution in [3.05, 3.63) is 11.4 Å². The largest absolute Gasteiger partial charge is 0.481 e. The van der Waals surface area contributed by atoms with Crippen molar-refractivity contribution >= 4 is 11.9 Å². The Morgan fingerprint density at radius 3 is 2.33 bits per heavy atom. The lowest BCUT2D eigenvalue weighted by atomic mass is 9.96. The first-order valence-electron chi connectivity index (χ1n) is 6.08. The summed E-state index contributed by atoms with van der Waals surface area (Å²) < 4.78 is 39.9. The van der Waals surface area contributed by atoms with Crippen molar-refractivity contribution < 1.29 is 27.9 Å². The predicted molar refractivity (Wildman–Crippen MR) is 62.3 cm³/mol. The van der Waals surface area contributed by atoms with Crippen molar-refractivity contribution in [1.82, 2.24) is 19.9 Å². The van der Waals surface area contributed by atoms with E-state index in [9.17, 15) is 22.8 Å². The van der Waals surface area contributed by atoms with Gasteiger partial charge in [-0.1, -0.05) is 5.21 Å². The highest BCUT2D eigenvalue weighted by molar-refractivity contribution is 5.94. The maximum Gasteiger partial charge on any atom is 0.394 e. The molecule has 0 aliphatic carbocycles. The molecule has 1 amide bonds. The van der Waals surface area contributed by atoms with Gasteiger partial charge in [0.1, 0.15) is 0 Å². The fourth-order valence-electron chi connectivity index (χ4n) is 2.30. The molecule has 1 aliphatic heterocycles. The molecule has 1 aromatic heterocycles. The lowest BCUT2D eigenvalue weighted by Crippen LogP contribution is -2.34. The van der Waals surface area contributed by atoms with Gasteiger partial charge in [0.05, 0.1) is 17.5 Å². The van der Waals surface area contributed by atoms with Gasteiger partial charge in [0, 0.05) is 20.1 Å². The number of carboxylic acids is 1. The van der Waals surface area contributed by atoms with Gasteiger partial charge in [-0.2, -0.15) is 13.2 Å². The number of aromatic nitrogens is 3. The lowest BCUT2D eigenvalue weighted by Gasteiger charge is -2.18. The van der Waals surface area contributed by atoms with Gasteiger partial charge in [-0.25, -0.2) is 0 Å². The zero-order valence-corrected chi connectivity index (χ0v) is 11.3. The van der Waals surface area contributed by atoms with Crippen LogP contribution in [0.15, 0.2) is 0 Å². The van der Waals surface area contributed by atoms with E-state index in [-0.39, 0.29) is 5.69 Å². The van der Waals surface area contributed by atoms with Crippen molar-refractivity contribution in [2.45, 2.75) is 13.1 Å². The third-order valence-corrected chi connectivity index (χ3v) is 3.65. The van der Waals surface area contributed by atoms with Crippen molar-refractivity contribution in [1.29, 1.82) is 0 Å². The number of hydrogen-bond acceptors (Lipinski definition) is 4. The topological polar surface area (TPSA) is 88.3 Å². The average Bonchev–Trinajstić information content (AvgIpc) is 2.94. The molecule has 1 N–H and O–H groups in total. The summed E-state index contributed by atoms with van der Waals surface area (Å²) in [4.78, 5) is 24.0. The minimum atomic E-state index is -4.67. The molecular formula is C11H13F3N4O3. The van der Waals surface area contributed by atoms with E-state index in [2.05, 4.69) is 10.3 Å². The predicted octanol–water partition coefficient (Wildman–Crippen LogP) is 0.459. The SMILES string of the molecule is Cc1c(C(=O)N2C[C@@H](C(F)(F)F)[C@H](C(=O)O)C2)nnn1C. The second kappa shape index (κ2) is 5.01. The molecule has 1 aliphatic rings. The number of carbonyl (C=O) groups excluding carboxylic acids is 1. The molecule has 0 radical (unpaired) electrons. The molecule has 1 fully saturated rings. The maximum atomic E-state index is 12.9. The van der Waals surface area contributed by atoms with Crippen molar-refractivity contribution in [2.24, 2.45) is 18.9 Å². The van der Waals surface area contributed by atoms with Crippen LogP contribution in [0.2, 0.25) is 0 Å². The van der Waals surface area contributed by atoms with Gasteiger partial charge in [-0.05, 0) is 6.92 Å². The molecule has 2 atom stereocenters. The first-order chi connectivity index (χ1) is 9.62. The third-order valence-electron chi connectivity index (χ3n) is 3.65. The fourth-order valence-corrected chi connectivity index (χ4v) is 2.30. The van der Waals surface area contributed by atoms with Crippen LogP contribution in [0.5, 0.6) is 0 Å². The van der Waals surface area contributed by atoms with Crippen molar-refractivity contribution in [3.8, 4) is 0 Å². The number of hydrogen-bond donors (Lipinski definition) is 1. The van der Waals surface area contributed by atoms with Gasteiger partial charge in [0.15, 0.2) is 5.69 Å². The summed E-state index contributed by atoms with van der Waals surface area (Å²) in [6.07, 6.45) is -4.67. The highest BCUT2D eigenvalue weighted by Gasteiger charge is 2.53. The maximum absolute atomic E-state index is 12.9. The normalized spacial score (nSPS) is 22.6. The first-order valence-corrected chi connectivity index (χ1v) is 6.08. The molecule has 2 rings (SSSR count). The molecule has 2 heterocycles. The standard InChI is InChI=1S/C11H13F3N4O3/c1-5-8(15-16-17(5)2)9(19)18-3-6(10(20)21)7(4-18)11(12,13)14/h6-7H,3-4H2,1-2H3,(H,20,21)/t6-,7-/m1/s1. The minimum Gasteiger partial charge on any atom is -0.481 e. The molecule has 1 aromatic rings. The Labute approximate surface area is 117 Å². The zero-order valence-electron chi connectivity index (χ0n) is 11.3. The fraction of sp³-hybridized carbons (Fsp3) is 0.636. The van der Waals surface area contributed by atoms with Gasteiger partial charge in [0.25, 0.3) is 5.91 Å². The van der Waals surface area contributed by atoms with Gasteiger partial charge in [-0.3, -0.25) is 14.3 Å². The van der Waals surface area contributed by atoms with Gasteiger partial charge in [-0.15, -0.1) is 5.10 Å². The molecule has 10 heteroatoms. The van der Waals surface area contributed by atoms with Crippen LogP contribution in [-0.4, -0.2) is 56.1 Å². The van der Waals surface area contributed by atoms with E-state index in [1.165, 1.54) is 4.68 Å². The van der Waals surface area contributed by atoms with E-state index in [4.69, 9.17) is 5.11 Å². The van der Waals surface area contributed by atoms with Gasteiger partial charge >= 0.3 is 12.1 Å². The summed E-state index contributed by atoms with van der Waals surface area (Å²) in [5.41, 5.74) is 0.340. The van der Waals surface area contributed by atoms with Gasteiger partial charge in [0.2, 0.25) is 0 Å². The highest BCUT2D eigenvalue weighted by Crippen LogP contribution is 2.38. The minimum absolute atomic E-state index is 0.0653. The summed E-state index contributed by atoms with van der Waals surface area (Å²) in [5, 5.41) is 16.1. The van der Waals surface area contributed by atoms with E-state index < -0.39 is 43.0 Å². The number of carbonyl (C=O) groups is 2. The molecule has 0 spiro atoms. The molecular weight excluding hydrogens is 293 g/mol. The van der Waals surface area contributed by atoms with Gasteiger partial charge < -0.3 is 10.0 Å². The number of nitrogens with zero attached hydrogens (tertiary/aromatic N) is 4. The molecule has 7 nitrogen and oxygen atoms in total. The second-order valence-electron chi connectivity index (χ2n) is 4.95. The van der Waals surface area contributed by atoms with Crippen LogP contribution in [0.3, 0.4) is 0 Å². The number of carboxylic acid groups (broad SMARTS) is 1. The smallest absolute Gasteiger partial charge is 0.394 e. The Kier molecular flexibility index (Phi) is 3.64. The summed E-state index contributed by atoms with van der Waals surface area (Å²) in [7, 11) is 1.54. The van der Waals surface area contributed by atoms with Crippen LogP contribution in [0.1, 0.15) is 16.2 Å². The molecule has 0 aromatic carbocycles. The Balaban J connectivity index is 2.25. The Bertz CT molecular complexity index is 584. The van der Waals surface area contributed by atoms with Crippen LogP contribution in [0.4, 0.5) is 13.2 Å². The van der Waals surface area contributed by atoms with Crippen LogP contribution in [0, 0.1) is 18.8 Å². The monoisotopic (exact) mass is 306 g/mol.